The van der Waals surface area contributed by atoms with Crippen molar-refractivity contribution in [1.29, 1.82) is 0 Å². The molecule has 0 amide bonds. The molecule has 0 aromatic rings. The lowest BCUT2D eigenvalue weighted by molar-refractivity contribution is 0.0578. The van der Waals surface area contributed by atoms with Crippen LogP contribution in [0.3, 0.4) is 0 Å². The summed E-state index contributed by atoms with van der Waals surface area (Å²) in [6, 6.07) is 0. The molecule has 3 heteroatoms. The Balaban J connectivity index is 4.78. The highest BCUT2D eigenvalue weighted by Crippen LogP contribution is 2.37. The largest absolute Gasteiger partial charge is 0.410 e. The average molecular weight is 381 g/mol. The minimum atomic E-state index is -1.79. The molecule has 0 spiro atoms. The van der Waals surface area contributed by atoms with Crippen LogP contribution in [0.25, 0.3) is 0 Å². The molecule has 0 aromatic heterocycles. The number of hydrogen-bond donors (Lipinski definition) is 0. The Bertz CT molecular complexity index is 440. The minimum absolute atomic E-state index is 0.139. The SMILES string of the molecule is C=C/C=C\C(CCCCC)OCCC(C=C(C)C)O[Si](C)(C)C(C)(C)C. The summed E-state index contributed by atoms with van der Waals surface area (Å²) in [5.41, 5.74) is 1.31. The Hall–Kier alpha value is -0.643. The van der Waals surface area contributed by atoms with Gasteiger partial charge in [-0.25, -0.2) is 0 Å². The Morgan fingerprint density at radius 1 is 1.08 bits per heavy atom. The predicted molar refractivity (Wildman–Crippen MR) is 119 cm³/mol. The molecule has 26 heavy (non-hydrogen) atoms. The summed E-state index contributed by atoms with van der Waals surface area (Å²) in [4.78, 5) is 0. The molecule has 2 unspecified atom stereocenters. The van der Waals surface area contributed by atoms with Crippen molar-refractivity contribution in [3.05, 3.63) is 36.5 Å². The summed E-state index contributed by atoms with van der Waals surface area (Å²) in [7, 11) is -1.79. The average Bonchev–Trinajstić information content (AvgIpc) is 2.50. The van der Waals surface area contributed by atoms with E-state index in [2.05, 4.69) is 73.4 Å². The number of allylic oxidation sites excluding steroid dienone is 3. The van der Waals surface area contributed by atoms with Crippen LogP contribution in [0.1, 0.15) is 73.6 Å². The monoisotopic (exact) mass is 380 g/mol. The molecule has 0 bridgehead atoms. The van der Waals surface area contributed by atoms with Gasteiger partial charge in [0.1, 0.15) is 0 Å². The lowest BCUT2D eigenvalue weighted by atomic mass is 10.1. The molecule has 152 valence electrons. The van der Waals surface area contributed by atoms with Gasteiger partial charge in [0.2, 0.25) is 0 Å². The van der Waals surface area contributed by atoms with E-state index in [4.69, 9.17) is 9.16 Å². The third kappa shape index (κ3) is 11.2. The molecule has 2 nitrogen and oxygen atoms in total. The molecule has 0 saturated heterocycles. The van der Waals surface area contributed by atoms with E-state index < -0.39 is 8.32 Å². The van der Waals surface area contributed by atoms with Crippen LogP contribution >= 0.6 is 0 Å². The lowest BCUT2D eigenvalue weighted by Gasteiger charge is -2.38. The van der Waals surface area contributed by atoms with Crippen LogP contribution in [0.5, 0.6) is 0 Å². The third-order valence-electron chi connectivity index (χ3n) is 5.06. The van der Waals surface area contributed by atoms with Crippen LogP contribution in [0.15, 0.2) is 36.5 Å². The van der Waals surface area contributed by atoms with Crippen molar-refractivity contribution in [2.75, 3.05) is 6.61 Å². The maximum Gasteiger partial charge on any atom is 0.192 e. The van der Waals surface area contributed by atoms with Gasteiger partial charge in [0, 0.05) is 0 Å². The Labute approximate surface area is 164 Å². The maximum absolute atomic E-state index is 6.62. The van der Waals surface area contributed by atoms with Crippen LogP contribution in [-0.4, -0.2) is 27.1 Å². The van der Waals surface area contributed by atoms with E-state index in [9.17, 15) is 0 Å². The zero-order valence-corrected chi connectivity index (χ0v) is 19.7. The van der Waals surface area contributed by atoms with Gasteiger partial charge in [-0.05, 0) is 44.8 Å². The number of rotatable bonds is 13. The fourth-order valence-corrected chi connectivity index (χ4v) is 3.77. The molecule has 0 heterocycles. The first-order valence-corrected chi connectivity index (χ1v) is 13.2. The maximum atomic E-state index is 6.62. The summed E-state index contributed by atoms with van der Waals surface area (Å²) in [5.74, 6) is 0. The van der Waals surface area contributed by atoms with Crippen molar-refractivity contribution in [3.8, 4) is 0 Å². The summed E-state index contributed by atoms with van der Waals surface area (Å²) in [6.07, 6.45) is 14.2. The van der Waals surface area contributed by atoms with Crippen LogP contribution < -0.4 is 0 Å². The van der Waals surface area contributed by atoms with E-state index in [0.717, 1.165) is 19.4 Å². The molecule has 0 aliphatic carbocycles. The van der Waals surface area contributed by atoms with Crippen molar-refractivity contribution in [3.63, 3.8) is 0 Å². The van der Waals surface area contributed by atoms with Crippen LogP contribution in [0.4, 0.5) is 0 Å². The topological polar surface area (TPSA) is 18.5 Å². The van der Waals surface area contributed by atoms with Gasteiger partial charge in [0.25, 0.3) is 0 Å². The van der Waals surface area contributed by atoms with E-state index in [1.165, 1.54) is 24.8 Å². The van der Waals surface area contributed by atoms with E-state index in [-0.39, 0.29) is 17.2 Å². The molecule has 0 aliphatic heterocycles. The highest BCUT2D eigenvalue weighted by molar-refractivity contribution is 6.74. The zero-order chi connectivity index (χ0) is 20.2. The fourth-order valence-electron chi connectivity index (χ4n) is 2.47. The first kappa shape index (κ1) is 25.4. The molecular weight excluding hydrogens is 336 g/mol. The van der Waals surface area contributed by atoms with Crippen molar-refractivity contribution >= 4 is 8.32 Å². The van der Waals surface area contributed by atoms with Crippen molar-refractivity contribution in [2.45, 2.75) is 104 Å². The summed E-state index contributed by atoms with van der Waals surface area (Å²) >= 11 is 0. The molecular formula is C23H44O2Si. The third-order valence-corrected chi connectivity index (χ3v) is 9.56. The molecule has 0 radical (unpaired) electrons. The van der Waals surface area contributed by atoms with Gasteiger partial charge in [-0.2, -0.15) is 0 Å². The van der Waals surface area contributed by atoms with E-state index in [0.29, 0.717) is 0 Å². The van der Waals surface area contributed by atoms with E-state index in [1.54, 1.807) is 0 Å². The van der Waals surface area contributed by atoms with Crippen LogP contribution in [-0.2, 0) is 9.16 Å². The summed E-state index contributed by atoms with van der Waals surface area (Å²) < 4.78 is 12.8. The number of ether oxygens (including phenoxy) is 1. The van der Waals surface area contributed by atoms with E-state index >= 15 is 0 Å². The molecule has 0 fully saturated rings. The van der Waals surface area contributed by atoms with Crippen molar-refractivity contribution in [1.82, 2.24) is 0 Å². The lowest BCUT2D eigenvalue weighted by Crippen LogP contribution is -2.43. The Morgan fingerprint density at radius 2 is 1.73 bits per heavy atom. The van der Waals surface area contributed by atoms with Gasteiger partial charge in [-0.15, -0.1) is 0 Å². The molecule has 0 saturated carbocycles. The van der Waals surface area contributed by atoms with Gasteiger partial charge in [-0.3, -0.25) is 0 Å². The van der Waals surface area contributed by atoms with E-state index in [1.807, 2.05) is 12.2 Å². The first-order chi connectivity index (χ1) is 12.0. The molecule has 0 aliphatic rings. The zero-order valence-electron chi connectivity index (χ0n) is 18.7. The standard InChI is InChI=1S/C23H44O2Si/c1-10-12-14-16-21(15-13-11-2)24-18-17-22(19-20(3)4)25-26(8,9)23(5,6)7/h11,13,15,19,21-22H,2,10,12,14,16-18H2,1,3-9H3/b15-13-. The van der Waals surface area contributed by atoms with Crippen molar-refractivity contribution in [2.24, 2.45) is 0 Å². The second-order valence-electron chi connectivity index (χ2n) is 8.97. The first-order valence-electron chi connectivity index (χ1n) is 10.3. The highest BCUT2D eigenvalue weighted by atomic mass is 28.4. The quantitative estimate of drug-likeness (QED) is 0.143. The van der Waals surface area contributed by atoms with Gasteiger partial charge in [0.15, 0.2) is 8.32 Å². The molecule has 2 atom stereocenters. The predicted octanol–water partition coefficient (Wildman–Crippen LogP) is 7.44. The molecule has 0 N–H and O–H groups in total. The van der Waals surface area contributed by atoms with Gasteiger partial charge in [-0.1, -0.05) is 83.4 Å². The second kappa shape index (κ2) is 12.7. The molecule has 0 rings (SSSR count). The highest BCUT2D eigenvalue weighted by Gasteiger charge is 2.38. The second-order valence-corrected chi connectivity index (χ2v) is 13.7. The normalized spacial score (nSPS) is 15.1. The summed E-state index contributed by atoms with van der Waals surface area (Å²) in [6.45, 7) is 22.5. The van der Waals surface area contributed by atoms with Crippen LogP contribution in [0.2, 0.25) is 18.1 Å². The van der Waals surface area contributed by atoms with Crippen LogP contribution in [0, 0.1) is 0 Å². The van der Waals surface area contributed by atoms with Crippen molar-refractivity contribution < 1.29 is 9.16 Å². The summed E-state index contributed by atoms with van der Waals surface area (Å²) in [5, 5.41) is 0.219. The fraction of sp³-hybridized carbons (Fsp3) is 0.739. The molecule has 0 aromatic carbocycles. The van der Waals surface area contributed by atoms with Gasteiger partial charge in [0.05, 0.1) is 18.8 Å². The van der Waals surface area contributed by atoms with Gasteiger partial charge < -0.3 is 9.16 Å². The number of hydrogen-bond acceptors (Lipinski definition) is 2. The minimum Gasteiger partial charge on any atom is -0.410 e. The van der Waals surface area contributed by atoms with Gasteiger partial charge >= 0.3 is 0 Å². The Morgan fingerprint density at radius 3 is 2.23 bits per heavy atom. The smallest absolute Gasteiger partial charge is 0.192 e. The Kier molecular flexibility index (Phi) is 12.4. The number of unbranched alkanes of at least 4 members (excludes halogenated alkanes) is 2.